The Bertz CT molecular complexity index is 1000. The molecule has 2 heterocycles. The summed E-state index contributed by atoms with van der Waals surface area (Å²) >= 11 is 6.24. The number of benzene rings is 1. The molecule has 0 spiro atoms. The Kier molecular flexibility index (Phi) is 5.60. The summed E-state index contributed by atoms with van der Waals surface area (Å²) < 4.78 is 12.4. The molecule has 0 aliphatic rings. The van der Waals surface area contributed by atoms with E-state index in [1.165, 1.54) is 0 Å². The van der Waals surface area contributed by atoms with Gasteiger partial charge in [0.1, 0.15) is 5.75 Å². The van der Waals surface area contributed by atoms with E-state index in [9.17, 15) is 4.79 Å². The number of halogens is 1. The quantitative estimate of drug-likeness (QED) is 0.593. The van der Waals surface area contributed by atoms with Crippen molar-refractivity contribution in [2.75, 3.05) is 13.2 Å². The summed E-state index contributed by atoms with van der Waals surface area (Å²) in [5, 5.41) is 13.4. The van der Waals surface area contributed by atoms with Crippen molar-refractivity contribution in [2.45, 2.75) is 34.1 Å². The van der Waals surface area contributed by atoms with Gasteiger partial charge in [-0.25, -0.2) is 9.31 Å². The monoisotopic (exact) mass is 388 g/mol. The van der Waals surface area contributed by atoms with Crippen LogP contribution in [0.3, 0.4) is 0 Å². The van der Waals surface area contributed by atoms with Crippen LogP contribution in [-0.4, -0.2) is 39.0 Å². The van der Waals surface area contributed by atoms with Crippen LogP contribution >= 0.6 is 11.6 Å². The molecule has 142 valence electrons. The van der Waals surface area contributed by atoms with Crippen LogP contribution in [0.25, 0.3) is 16.8 Å². The molecular formula is C19H21ClN4O3. The van der Waals surface area contributed by atoms with Gasteiger partial charge in [-0.05, 0) is 44.9 Å². The lowest BCUT2D eigenvalue weighted by Crippen LogP contribution is -2.14. The van der Waals surface area contributed by atoms with Gasteiger partial charge in [-0.15, -0.1) is 10.2 Å². The fourth-order valence-corrected chi connectivity index (χ4v) is 2.99. The molecule has 1 aromatic carbocycles. The van der Waals surface area contributed by atoms with Crippen LogP contribution in [0.15, 0.2) is 18.2 Å². The van der Waals surface area contributed by atoms with Crippen molar-refractivity contribution in [3.8, 4) is 16.9 Å². The van der Waals surface area contributed by atoms with Gasteiger partial charge in [0.25, 0.3) is 0 Å². The molecule has 0 amide bonds. The molecule has 0 bridgehead atoms. The van der Waals surface area contributed by atoms with Crippen molar-refractivity contribution in [2.24, 2.45) is 0 Å². The van der Waals surface area contributed by atoms with E-state index in [1.807, 2.05) is 26.0 Å². The van der Waals surface area contributed by atoms with E-state index in [-0.39, 0.29) is 12.3 Å². The molecule has 8 heteroatoms. The highest BCUT2D eigenvalue weighted by Crippen LogP contribution is 2.34. The third kappa shape index (κ3) is 3.60. The van der Waals surface area contributed by atoms with E-state index in [0.29, 0.717) is 28.7 Å². The lowest BCUT2D eigenvalue weighted by atomic mass is 10.1. The summed E-state index contributed by atoms with van der Waals surface area (Å²) in [4.78, 5) is 12.1. The highest BCUT2D eigenvalue weighted by molar-refractivity contribution is 6.32. The third-order valence-corrected chi connectivity index (χ3v) is 4.40. The molecule has 2 aromatic heterocycles. The Morgan fingerprint density at radius 1 is 1.22 bits per heavy atom. The summed E-state index contributed by atoms with van der Waals surface area (Å²) in [7, 11) is 0. The van der Waals surface area contributed by atoms with Crippen molar-refractivity contribution in [1.29, 1.82) is 0 Å². The van der Waals surface area contributed by atoms with Crippen molar-refractivity contribution in [3.05, 3.63) is 40.3 Å². The molecule has 0 N–H and O–H groups in total. The molecule has 3 rings (SSSR count). The number of rotatable bonds is 6. The molecule has 3 aromatic rings. The second kappa shape index (κ2) is 7.92. The first kappa shape index (κ1) is 19.1. The van der Waals surface area contributed by atoms with Gasteiger partial charge in [-0.3, -0.25) is 0 Å². The number of nitrogens with zero attached hydrogens (tertiary/aromatic N) is 4. The maximum atomic E-state index is 12.1. The predicted octanol–water partition coefficient (Wildman–Crippen LogP) is 4.03. The Labute approximate surface area is 162 Å². The number of hydrogen-bond acceptors (Lipinski definition) is 6. The molecule has 0 atom stereocenters. The van der Waals surface area contributed by atoms with Crippen LogP contribution in [0.4, 0.5) is 0 Å². The van der Waals surface area contributed by atoms with Gasteiger partial charge in [0.2, 0.25) is 0 Å². The van der Waals surface area contributed by atoms with E-state index in [1.54, 1.807) is 24.4 Å². The Hall–Kier alpha value is -2.67. The number of carbonyl (C=O) groups is 1. The molecule has 0 radical (unpaired) electrons. The highest BCUT2D eigenvalue weighted by atomic mass is 35.5. The molecule has 27 heavy (non-hydrogen) atoms. The van der Waals surface area contributed by atoms with Crippen molar-refractivity contribution in [3.63, 3.8) is 0 Å². The molecule has 0 aliphatic heterocycles. The Balaban J connectivity index is 2.12. The van der Waals surface area contributed by atoms with E-state index < -0.39 is 5.97 Å². The van der Waals surface area contributed by atoms with Crippen LogP contribution in [0, 0.1) is 13.8 Å². The van der Waals surface area contributed by atoms with E-state index in [2.05, 4.69) is 15.3 Å². The molecule has 0 saturated heterocycles. The number of fused-ring (bicyclic) bond motifs is 1. The zero-order chi connectivity index (χ0) is 19.6. The van der Waals surface area contributed by atoms with Gasteiger partial charge >= 0.3 is 5.97 Å². The van der Waals surface area contributed by atoms with Crippen LogP contribution in [0.2, 0.25) is 5.02 Å². The SMILES string of the molecule is CCCOc1cc(-c2c(C)nn3c(C)c(C(=O)OCC)nnc23)ccc1Cl. The minimum atomic E-state index is -0.513. The Morgan fingerprint density at radius 2 is 2.00 bits per heavy atom. The average Bonchev–Trinajstić information content (AvgIpc) is 2.98. The minimum absolute atomic E-state index is 0.154. The van der Waals surface area contributed by atoms with Gasteiger partial charge < -0.3 is 9.47 Å². The van der Waals surface area contributed by atoms with Crippen LogP contribution in [0.5, 0.6) is 5.75 Å². The standard InChI is InChI=1S/C19H21ClN4O3/c1-5-9-27-15-10-13(7-8-14(15)20)16-11(3)23-24-12(4)17(19(25)26-6-2)21-22-18(16)24/h7-8,10H,5-6,9H2,1-4H3. The normalized spacial score (nSPS) is 11.0. The number of carbonyl (C=O) groups excluding carboxylic acids is 1. The van der Waals surface area contributed by atoms with Crippen molar-refractivity contribution in [1.82, 2.24) is 19.8 Å². The largest absolute Gasteiger partial charge is 0.492 e. The summed E-state index contributed by atoms with van der Waals surface area (Å²) in [6.45, 7) is 8.28. The first-order chi connectivity index (χ1) is 13.0. The number of ether oxygens (including phenoxy) is 2. The zero-order valence-corrected chi connectivity index (χ0v) is 16.5. The average molecular weight is 389 g/mol. The maximum Gasteiger partial charge on any atom is 0.360 e. The van der Waals surface area contributed by atoms with Crippen molar-refractivity contribution >= 4 is 23.2 Å². The third-order valence-electron chi connectivity index (χ3n) is 4.09. The minimum Gasteiger partial charge on any atom is -0.492 e. The van der Waals surface area contributed by atoms with E-state index in [4.69, 9.17) is 21.1 Å². The van der Waals surface area contributed by atoms with Crippen molar-refractivity contribution < 1.29 is 14.3 Å². The predicted molar refractivity (Wildman–Crippen MR) is 102 cm³/mol. The van der Waals surface area contributed by atoms with Crippen LogP contribution in [0.1, 0.15) is 42.1 Å². The molecule has 0 saturated carbocycles. The highest BCUT2D eigenvalue weighted by Gasteiger charge is 2.21. The molecule has 0 fully saturated rings. The molecule has 7 nitrogen and oxygen atoms in total. The van der Waals surface area contributed by atoms with Gasteiger partial charge in [0, 0.05) is 0 Å². The zero-order valence-electron chi connectivity index (χ0n) is 15.7. The van der Waals surface area contributed by atoms with Gasteiger partial charge in [0.05, 0.1) is 35.2 Å². The fourth-order valence-electron chi connectivity index (χ4n) is 2.82. The number of aryl methyl sites for hydroxylation is 2. The van der Waals surface area contributed by atoms with E-state index >= 15 is 0 Å². The smallest absolute Gasteiger partial charge is 0.360 e. The second-order valence-electron chi connectivity index (χ2n) is 6.04. The van der Waals surface area contributed by atoms with E-state index in [0.717, 1.165) is 23.2 Å². The number of esters is 1. The van der Waals surface area contributed by atoms with Crippen LogP contribution < -0.4 is 4.74 Å². The molecular weight excluding hydrogens is 368 g/mol. The number of hydrogen-bond donors (Lipinski definition) is 0. The number of aromatic nitrogens is 4. The first-order valence-electron chi connectivity index (χ1n) is 8.80. The van der Waals surface area contributed by atoms with Gasteiger partial charge in [0.15, 0.2) is 11.3 Å². The lowest BCUT2D eigenvalue weighted by Gasteiger charge is -2.09. The Morgan fingerprint density at radius 3 is 2.70 bits per heavy atom. The summed E-state index contributed by atoms with van der Waals surface area (Å²) in [6.07, 6.45) is 0.887. The second-order valence-corrected chi connectivity index (χ2v) is 6.45. The van der Waals surface area contributed by atoms with Gasteiger partial charge in [-0.1, -0.05) is 24.6 Å². The molecule has 0 unspecified atom stereocenters. The van der Waals surface area contributed by atoms with Gasteiger partial charge in [-0.2, -0.15) is 5.10 Å². The summed E-state index contributed by atoms with van der Waals surface area (Å²) in [5.41, 5.74) is 3.74. The molecule has 0 aliphatic carbocycles. The maximum absolute atomic E-state index is 12.1. The van der Waals surface area contributed by atoms with Crippen LogP contribution in [-0.2, 0) is 4.74 Å². The summed E-state index contributed by atoms with van der Waals surface area (Å²) in [5.74, 6) is 0.100. The fraction of sp³-hybridized carbons (Fsp3) is 0.368. The lowest BCUT2D eigenvalue weighted by molar-refractivity contribution is 0.0516. The summed E-state index contributed by atoms with van der Waals surface area (Å²) in [6, 6.07) is 5.55. The first-order valence-corrected chi connectivity index (χ1v) is 9.18. The topological polar surface area (TPSA) is 78.6 Å².